The number of carbonyl (C=O) groups excluding carboxylic acids is 1. The SMILES string of the molecule is CC1CC(C)CN(c2ccc(C(=O)N3CCC(C(=O)O)C3)cc2[N+](=O)[O-])C1. The number of rotatable bonds is 4. The minimum Gasteiger partial charge on any atom is -0.481 e. The molecule has 0 radical (unpaired) electrons. The Labute approximate surface area is 157 Å². The molecule has 0 aromatic heterocycles. The van der Waals surface area contributed by atoms with E-state index in [-0.39, 0.29) is 23.7 Å². The zero-order valence-corrected chi connectivity index (χ0v) is 15.6. The quantitative estimate of drug-likeness (QED) is 0.641. The highest BCUT2D eigenvalue weighted by Gasteiger charge is 2.33. The number of carboxylic acid groups (broad SMARTS) is 1. The van der Waals surface area contributed by atoms with Crippen LogP contribution in [0.2, 0.25) is 0 Å². The van der Waals surface area contributed by atoms with Crippen molar-refractivity contribution in [1.82, 2.24) is 4.90 Å². The maximum absolute atomic E-state index is 12.7. The van der Waals surface area contributed by atoms with Gasteiger partial charge in [0.2, 0.25) is 0 Å². The van der Waals surface area contributed by atoms with Gasteiger partial charge in [0, 0.05) is 37.8 Å². The number of nitrogens with zero attached hydrogens (tertiary/aromatic N) is 3. The molecule has 3 unspecified atom stereocenters. The zero-order valence-electron chi connectivity index (χ0n) is 15.6. The molecule has 146 valence electrons. The van der Waals surface area contributed by atoms with Gasteiger partial charge in [0.1, 0.15) is 5.69 Å². The van der Waals surface area contributed by atoms with E-state index in [1.165, 1.54) is 11.0 Å². The van der Waals surface area contributed by atoms with Crippen molar-refractivity contribution in [3.8, 4) is 0 Å². The fourth-order valence-electron chi connectivity index (χ4n) is 4.26. The third-order valence-corrected chi connectivity index (χ3v) is 5.45. The van der Waals surface area contributed by atoms with Gasteiger partial charge in [-0.25, -0.2) is 0 Å². The standard InChI is InChI=1S/C19H25N3O5/c1-12-7-13(2)10-21(9-12)16-4-3-14(8-17(16)22(26)27)18(23)20-6-5-15(11-20)19(24)25/h3-4,8,12-13,15H,5-7,9-11H2,1-2H3,(H,24,25). The Morgan fingerprint density at radius 2 is 1.85 bits per heavy atom. The van der Waals surface area contributed by atoms with Crippen LogP contribution in [0, 0.1) is 27.9 Å². The molecule has 2 aliphatic rings. The monoisotopic (exact) mass is 375 g/mol. The van der Waals surface area contributed by atoms with Gasteiger partial charge in [-0.15, -0.1) is 0 Å². The fourth-order valence-corrected chi connectivity index (χ4v) is 4.26. The summed E-state index contributed by atoms with van der Waals surface area (Å²) in [4.78, 5) is 38.5. The second-order valence-electron chi connectivity index (χ2n) is 7.89. The number of carbonyl (C=O) groups is 2. The number of hydrogen-bond donors (Lipinski definition) is 1. The Balaban J connectivity index is 1.84. The van der Waals surface area contributed by atoms with Crippen molar-refractivity contribution in [1.29, 1.82) is 0 Å². The predicted molar refractivity (Wildman–Crippen MR) is 99.9 cm³/mol. The third kappa shape index (κ3) is 4.04. The molecule has 1 N–H and O–H groups in total. The van der Waals surface area contributed by atoms with E-state index in [1.54, 1.807) is 12.1 Å². The molecule has 2 aliphatic heterocycles. The first-order valence-electron chi connectivity index (χ1n) is 9.31. The maximum Gasteiger partial charge on any atom is 0.308 e. The van der Waals surface area contributed by atoms with Crippen LogP contribution < -0.4 is 4.90 Å². The molecule has 2 heterocycles. The van der Waals surface area contributed by atoms with Crippen LogP contribution in [-0.2, 0) is 4.79 Å². The van der Waals surface area contributed by atoms with Gasteiger partial charge in [0.05, 0.1) is 10.8 Å². The summed E-state index contributed by atoms with van der Waals surface area (Å²) in [5.41, 5.74) is 0.700. The molecule has 0 spiro atoms. The van der Waals surface area contributed by atoms with E-state index >= 15 is 0 Å². The Kier molecular flexibility index (Phi) is 5.34. The minimum atomic E-state index is -0.917. The number of amides is 1. The summed E-state index contributed by atoms with van der Waals surface area (Å²) in [5, 5.41) is 20.7. The van der Waals surface area contributed by atoms with Crippen molar-refractivity contribution in [3.05, 3.63) is 33.9 Å². The Morgan fingerprint density at radius 3 is 2.41 bits per heavy atom. The molecule has 3 rings (SSSR count). The van der Waals surface area contributed by atoms with Crippen molar-refractivity contribution in [2.24, 2.45) is 17.8 Å². The lowest BCUT2D eigenvalue weighted by Gasteiger charge is -2.36. The second-order valence-corrected chi connectivity index (χ2v) is 7.89. The summed E-state index contributed by atoms with van der Waals surface area (Å²) < 4.78 is 0. The third-order valence-electron chi connectivity index (χ3n) is 5.45. The van der Waals surface area contributed by atoms with E-state index in [0.717, 1.165) is 19.5 Å². The highest BCUT2D eigenvalue weighted by atomic mass is 16.6. The summed E-state index contributed by atoms with van der Waals surface area (Å²) >= 11 is 0. The molecule has 2 fully saturated rings. The lowest BCUT2D eigenvalue weighted by Crippen LogP contribution is -2.39. The first-order chi connectivity index (χ1) is 12.8. The summed E-state index contributed by atoms with van der Waals surface area (Å²) in [6.07, 6.45) is 1.51. The lowest BCUT2D eigenvalue weighted by atomic mass is 9.91. The molecule has 1 aromatic carbocycles. The molecule has 8 nitrogen and oxygen atoms in total. The maximum atomic E-state index is 12.7. The highest BCUT2D eigenvalue weighted by Crippen LogP contribution is 2.34. The Bertz CT molecular complexity index is 756. The molecule has 0 bridgehead atoms. The van der Waals surface area contributed by atoms with E-state index in [9.17, 15) is 19.7 Å². The van der Waals surface area contributed by atoms with Crippen LogP contribution >= 0.6 is 0 Å². The number of nitro groups is 1. The average Bonchev–Trinajstić information content (AvgIpc) is 3.10. The minimum absolute atomic E-state index is 0.0730. The van der Waals surface area contributed by atoms with Crippen molar-refractivity contribution in [2.45, 2.75) is 26.7 Å². The van der Waals surface area contributed by atoms with Gasteiger partial charge in [0.15, 0.2) is 0 Å². The smallest absolute Gasteiger partial charge is 0.308 e. The predicted octanol–water partition coefficient (Wildman–Crippen LogP) is 2.62. The first kappa shape index (κ1) is 19.1. The molecule has 0 aliphatic carbocycles. The van der Waals surface area contributed by atoms with E-state index < -0.39 is 16.8 Å². The number of carboxylic acids is 1. The summed E-state index contributed by atoms with van der Waals surface area (Å²) in [5.74, 6) is -0.937. The van der Waals surface area contributed by atoms with Gasteiger partial charge in [-0.3, -0.25) is 19.7 Å². The van der Waals surface area contributed by atoms with Crippen LogP contribution in [0.1, 0.15) is 37.0 Å². The Hall–Kier alpha value is -2.64. The molecule has 2 saturated heterocycles. The molecular formula is C19H25N3O5. The normalized spacial score (nSPS) is 25.5. The highest BCUT2D eigenvalue weighted by molar-refractivity contribution is 5.96. The summed E-state index contributed by atoms with van der Waals surface area (Å²) in [6.45, 7) is 6.28. The fraction of sp³-hybridized carbons (Fsp3) is 0.579. The number of piperidine rings is 1. The second kappa shape index (κ2) is 7.54. The molecule has 1 amide bonds. The van der Waals surface area contributed by atoms with E-state index in [0.29, 0.717) is 30.5 Å². The van der Waals surface area contributed by atoms with Crippen LogP contribution in [0.3, 0.4) is 0 Å². The molecular weight excluding hydrogens is 350 g/mol. The van der Waals surface area contributed by atoms with Crippen molar-refractivity contribution >= 4 is 23.3 Å². The van der Waals surface area contributed by atoms with E-state index in [4.69, 9.17) is 5.11 Å². The van der Waals surface area contributed by atoms with Crippen LogP contribution in [0.4, 0.5) is 11.4 Å². The first-order valence-corrected chi connectivity index (χ1v) is 9.31. The largest absolute Gasteiger partial charge is 0.481 e. The number of likely N-dealkylation sites (tertiary alicyclic amines) is 1. The van der Waals surface area contributed by atoms with Crippen molar-refractivity contribution in [3.63, 3.8) is 0 Å². The average molecular weight is 375 g/mol. The zero-order chi connectivity index (χ0) is 19.7. The number of nitro benzene ring substituents is 1. The van der Waals surface area contributed by atoms with Crippen LogP contribution in [0.5, 0.6) is 0 Å². The van der Waals surface area contributed by atoms with Gasteiger partial charge in [-0.2, -0.15) is 0 Å². The topological polar surface area (TPSA) is 104 Å². The van der Waals surface area contributed by atoms with Crippen LogP contribution in [0.15, 0.2) is 18.2 Å². The number of hydrogen-bond acceptors (Lipinski definition) is 5. The van der Waals surface area contributed by atoms with Gasteiger partial charge >= 0.3 is 5.97 Å². The number of benzene rings is 1. The van der Waals surface area contributed by atoms with Crippen molar-refractivity contribution < 1.29 is 19.6 Å². The van der Waals surface area contributed by atoms with Gasteiger partial charge in [0.25, 0.3) is 11.6 Å². The molecule has 27 heavy (non-hydrogen) atoms. The Morgan fingerprint density at radius 1 is 1.19 bits per heavy atom. The van der Waals surface area contributed by atoms with E-state index in [1.807, 2.05) is 4.90 Å². The van der Waals surface area contributed by atoms with Gasteiger partial charge in [-0.05, 0) is 36.8 Å². The lowest BCUT2D eigenvalue weighted by molar-refractivity contribution is -0.384. The van der Waals surface area contributed by atoms with Crippen LogP contribution in [0.25, 0.3) is 0 Å². The summed E-state index contributed by atoms with van der Waals surface area (Å²) in [7, 11) is 0. The van der Waals surface area contributed by atoms with Gasteiger partial charge < -0.3 is 14.9 Å². The molecule has 0 saturated carbocycles. The number of anilines is 1. The molecule has 3 atom stereocenters. The van der Waals surface area contributed by atoms with Crippen LogP contribution in [-0.4, -0.2) is 53.0 Å². The summed E-state index contributed by atoms with van der Waals surface area (Å²) in [6, 6.07) is 4.60. The molecule has 8 heteroatoms. The van der Waals surface area contributed by atoms with Crippen molar-refractivity contribution in [2.75, 3.05) is 31.1 Å². The van der Waals surface area contributed by atoms with Gasteiger partial charge in [-0.1, -0.05) is 13.8 Å². The molecule has 1 aromatic rings. The number of aliphatic carboxylic acids is 1. The van der Waals surface area contributed by atoms with E-state index in [2.05, 4.69) is 13.8 Å².